The van der Waals surface area contributed by atoms with Crippen LogP contribution in [0.15, 0.2) is 41.6 Å². The highest BCUT2D eigenvalue weighted by Crippen LogP contribution is 2.24. The van der Waals surface area contributed by atoms with Crippen LogP contribution in [0, 0.1) is 10.1 Å². The van der Waals surface area contributed by atoms with Crippen molar-refractivity contribution in [3.8, 4) is 11.3 Å². The molecule has 1 amide bonds. The highest BCUT2D eigenvalue weighted by atomic mass is 32.2. The Kier molecular flexibility index (Phi) is 5.17. The zero-order valence-corrected chi connectivity index (χ0v) is 15.5. The first-order valence-corrected chi connectivity index (χ1v) is 9.56. The lowest BCUT2D eigenvalue weighted by Crippen LogP contribution is -2.41. The molecular weight excluding hydrogens is 384 g/mol. The number of nitro benzene ring substituents is 1. The minimum absolute atomic E-state index is 0.00569. The molecule has 144 valence electrons. The number of nitrogens with zero attached hydrogens (tertiary/aromatic N) is 6. The fraction of sp³-hybridized carbons (Fsp3) is 0.294. The molecule has 0 saturated carbocycles. The predicted molar refractivity (Wildman–Crippen MR) is 101 cm³/mol. The average molecular weight is 400 g/mol. The smallest absolute Gasteiger partial charge is 0.270 e. The molecule has 1 saturated heterocycles. The van der Waals surface area contributed by atoms with Gasteiger partial charge in [0, 0.05) is 30.8 Å². The summed E-state index contributed by atoms with van der Waals surface area (Å²) in [6.07, 6.45) is 0. The van der Waals surface area contributed by atoms with Gasteiger partial charge in [0.15, 0.2) is 5.65 Å². The number of ether oxygens (including phenoxy) is 1. The Balaban J connectivity index is 1.55. The maximum Gasteiger partial charge on any atom is 0.270 e. The quantitative estimate of drug-likeness (QED) is 0.361. The van der Waals surface area contributed by atoms with Crippen LogP contribution in [0.5, 0.6) is 0 Å². The average Bonchev–Trinajstić information content (AvgIpc) is 3.15. The van der Waals surface area contributed by atoms with Crippen LogP contribution in [-0.4, -0.2) is 67.6 Å². The number of morpholine rings is 1. The Morgan fingerprint density at radius 2 is 2.04 bits per heavy atom. The molecule has 0 radical (unpaired) electrons. The van der Waals surface area contributed by atoms with Crippen molar-refractivity contribution < 1.29 is 14.5 Å². The first-order chi connectivity index (χ1) is 13.6. The number of non-ortho nitro benzene ring substituents is 1. The van der Waals surface area contributed by atoms with Gasteiger partial charge in [0.25, 0.3) is 5.69 Å². The maximum atomic E-state index is 12.3. The second-order valence-electron chi connectivity index (χ2n) is 6.06. The van der Waals surface area contributed by atoms with Gasteiger partial charge in [0.2, 0.25) is 11.1 Å². The van der Waals surface area contributed by atoms with Crippen molar-refractivity contribution in [3.63, 3.8) is 0 Å². The predicted octanol–water partition coefficient (Wildman–Crippen LogP) is 1.65. The summed E-state index contributed by atoms with van der Waals surface area (Å²) < 4.78 is 6.80. The number of amides is 1. The van der Waals surface area contributed by atoms with E-state index < -0.39 is 4.92 Å². The van der Waals surface area contributed by atoms with Crippen molar-refractivity contribution in [2.45, 2.75) is 5.16 Å². The van der Waals surface area contributed by atoms with Crippen LogP contribution in [0.4, 0.5) is 5.69 Å². The van der Waals surface area contributed by atoms with Crippen molar-refractivity contribution >= 4 is 29.0 Å². The highest BCUT2D eigenvalue weighted by Gasteiger charge is 2.18. The molecule has 1 aromatic carbocycles. The summed E-state index contributed by atoms with van der Waals surface area (Å²) in [5.74, 6) is 0.239. The molecule has 1 aliphatic rings. The van der Waals surface area contributed by atoms with Gasteiger partial charge in [0.05, 0.1) is 29.6 Å². The van der Waals surface area contributed by atoms with Gasteiger partial charge in [0.1, 0.15) is 0 Å². The van der Waals surface area contributed by atoms with Crippen LogP contribution >= 0.6 is 11.8 Å². The van der Waals surface area contributed by atoms with Gasteiger partial charge in [-0.05, 0) is 12.1 Å². The second-order valence-corrected chi connectivity index (χ2v) is 7.00. The summed E-state index contributed by atoms with van der Waals surface area (Å²) >= 11 is 1.26. The lowest BCUT2D eigenvalue weighted by Gasteiger charge is -2.26. The fourth-order valence-electron chi connectivity index (χ4n) is 2.82. The van der Waals surface area contributed by atoms with Crippen LogP contribution in [0.3, 0.4) is 0 Å². The third kappa shape index (κ3) is 3.80. The topological polar surface area (TPSA) is 116 Å². The van der Waals surface area contributed by atoms with Crippen molar-refractivity contribution in [2.24, 2.45) is 0 Å². The lowest BCUT2D eigenvalue weighted by molar-refractivity contribution is -0.384. The molecule has 28 heavy (non-hydrogen) atoms. The summed E-state index contributed by atoms with van der Waals surface area (Å²) in [6, 6.07) is 9.73. The molecule has 0 N–H and O–H groups in total. The fourth-order valence-corrected chi connectivity index (χ4v) is 3.61. The Labute approximate surface area is 163 Å². The third-order valence-electron chi connectivity index (χ3n) is 4.28. The van der Waals surface area contributed by atoms with E-state index in [-0.39, 0.29) is 17.3 Å². The van der Waals surface area contributed by atoms with E-state index in [2.05, 4.69) is 15.3 Å². The molecule has 0 spiro atoms. The normalized spacial score (nSPS) is 14.4. The zero-order chi connectivity index (χ0) is 19.5. The minimum atomic E-state index is -0.445. The van der Waals surface area contributed by atoms with Crippen LogP contribution in [0.25, 0.3) is 16.9 Å². The van der Waals surface area contributed by atoms with Gasteiger partial charge in [-0.3, -0.25) is 14.9 Å². The summed E-state index contributed by atoms with van der Waals surface area (Å²) in [5.41, 5.74) is 1.70. The van der Waals surface area contributed by atoms with E-state index in [1.54, 1.807) is 33.7 Å². The SMILES string of the molecule is O=C(CSc1nnc2ccc(-c3cccc([N+](=O)[O-])c3)nn12)N1CCOCC1. The van der Waals surface area contributed by atoms with E-state index in [9.17, 15) is 14.9 Å². The van der Waals surface area contributed by atoms with Gasteiger partial charge in [-0.2, -0.15) is 9.61 Å². The Morgan fingerprint density at radius 3 is 2.82 bits per heavy atom. The Hall–Kier alpha value is -3.05. The number of benzene rings is 1. The molecule has 3 heterocycles. The van der Waals surface area contributed by atoms with Gasteiger partial charge in [-0.1, -0.05) is 23.9 Å². The van der Waals surface area contributed by atoms with Crippen molar-refractivity contribution in [1.82, 2.24) is 24.7 Å². The molecule has 0 atom stereocenters. The van der Waals surface area contributed by atoms with Gasteiger partial charge in [-0.25, -0.2) is 0 Å². The number of aromatic nitrogens is 4. The molecule has 10 nitrogen and oxygen atoms in total. The third-order valence-corrected chi connectivity index (χ3v) is 5.18. The maximum absolute atomic E-state index is 12.3. The summed E-state index contributed by atoms with van der Waals surface area (Å²) in [7, 11) is 0. The number of hydrogen-bond donors (Lipinski definition) is 0. The lowest BCUT2D eigenvalue weighted by atomic mass is 10.1. The van der Waals surface area contributed by atoms with Gasteiger partial charge < -0.3 is 9.64 Å². The molecule has 1 aliphatic heterocycles. The molecular formula is C17H16N6O4S. The van der Waals surface area contributed by atoms with E-state index in [1.165, 1.54) is 23.9 Å². The number of thioether (sulfide) groups is 1. The molecule has 0 aliphatic carbocycles. The Bertz CT molecular complexity index is 1030. The van der Waals surface area contributed by atoms with Crippen LogP contribution in [0.1, 0.15) is 0 Å². The summed E-state index contributed by atoms with van der Waals surface area (Å²) in [5, 5.41) is 24.2. The largest absolute Gasteiger partial charge is 0.378 e. The first-order valence-electron chi connectivity index (χ1n) is 8.57. The molecule has 0 bridgehead atoms. The number of hydrogen-bond acceptors (Lipinski definition) is 8. The monoisotopic (exact) mass is 400 g/mol. The summed E-state index contributed by atoms with van der Waals surface area (Å²) in [4.78, 5) is 24.6. The van der Waals surface area contributed by atoms with E-state index >= 15 is 0 Å². The number of carbonyl (C=O) groups excluding carboxylic acids is 1. The summed E-state index contributed by atoms with van der Waals surface area (Å²) in [6.45, 7) is 2.29. The van der Waals surface area contributed by atoms with E-state index in [0.29, 0.717) is 48.4 Å². The van der Waals surface area contributed by atoms with Crippen LogP contribution in [-0.2, 0) is 9.53 Å². The second kappa shape index (κ2) is 7.90. The minimum Gasteiger partial charge on any atom is -0.378 e. The first kappa shape index (κ1) is 18.3. The number of nitro groups is 1. The number of rotatable bonds is 5. The standard InChI is InChI=1S/C17H16N6O4S/c24-16(21-6-8-27-9-7-21)11-28-17-19-18-15-5-4-14(20-22(15)17)12-2-1-3-13(10-12)23(25)26/h1-5,10H,6-9,11H2. The van der Waals surface area contributed by atoms with E-state index in [0.717, 1.165) is 0 Å². The Morgan fingerprint density at radius 1 is 1.21 bits per heavy atom. The van der Waals surface area contributed by atoms with Gasteiger partial charge >= 0.3 is 0 Å². The van der Waals surface area contributed by atoms with Crippen molar-refractivity contribution in [2.75, 3.05) is 32.1 Å². The number of fused-ring (bicyclic) bond motifs is 1. The molecule has 4 rings (SSSR count). The molecule has 2 aromatic heterocycles. The van der Waals surface area contributed by atoms with Crippen molar-refractivity contribution in [1.29, 1.82) is 0 Å². The molecule has 11 heteroatoms. The van der Waals surface area contributed by atoms with Crippen LogP contribution in [0.2, 0.25) is 0 Å². The molecule has 1 fully saturated rings. The van der Waals surface area contributed by atoms with E-state index in [1.807, 2.05) is 0 Å². The molecule has 0 unspecified atom stereocenters. The number of carbonyl (C=O) groups is 1. The van der Waals surface area contributed by atoms with Crippen molar-refractivity contribution in [3.05, 3.63) is 46.5 Å². The molecule has 3 aromatic rings. The van der Waals surface area contributed by atoms with Gasteiger partial charge in [-0.15, -0.1) is 10.2 Å². The van der Waals surface area contributed by atoms with Crippen LogP contribution < -0.4 is 0 Å². The van der Waals surface area contributed by atoms with E-state index in [4.69, 9.17) is 4.74 Å². The highest BCUT2D eigenvalue weighted by molar-refractivity contribution is 7.99. The zero-order valence-electron chi connectivity index (χ0n) is 14.7.